The Balaban J connectivity index is 2.68. The molecule has 0 N–H and O–H groups in total. The zero-order valence-electron chi connectivity index (χ0n) is 11.0. The highest BCUT2D eigenvalue weighted by Crippen LogP contribution is 2.41. The van der Waals surface area contributed by atoms with Gasteiger partial charge in [-0.3, -0.25) is 0 Å². The van der Waals surface area contributed by atoms with Crippen LogP contribution in [-0.2, 0) is 14.6 Å². The summed E-state index contributed by atoms with van der Waals surface area (Å²) in [4.78, 5) is 0. The lowest BCUT2D eigenvalue weighted by atomic mass is 9.75. The molecule has 0 saturated carbocycles. The van der Waals surface area contributed by atoms with Crippen LogP contribution in [0, 0.1) is 11.3 Å². The van der Waals surface area contributed by atoms with Crippen molar-refractivity contribution in [3.63, 3.8) is 0 Å². The van der Waals surface area contributed by atoms with Gasteiger partial charge in [0.25, 0.3) is 0 Å². The van der Waals surface area contributed by atoms with E-state index in [1.54, 1.807) is 0 Å². The van der Waals surface area contributed by atoms with Crippen LogP contribution in [0.1, 0.15) is 26.7 Å². The highest BCUT2D eigenvalue weighted by Gasteiger charge is 2.43. The van der Waals surface area contributed by atoms with Crippen molar-refractivity contribution in [3.05, 3.63) is 0 Å². The van der Waals surface area contributed by atoms with Gasteiger partial charge in [-0.1, -0.05) is 0 Å². The predicted octanol–water partition coefficient (Wildman–Crippen LogP) is 2.70. The normalized spacial score (nSPS) is 23.7. The minimum absolute atomic E-state index is 0.0632. The van der Waals surface area contributed by atoms with Gasteiger partial charge in [0.15, 0.2) is 9.84 Å². The topological polar surface area (TPSA) is 43.4 Å². The molecule has 1 fully saturated rings. The largest absolute Gasteiger partial charge is 0.379 e. The zero-order valence-corrected chi connectivity index (χ0v) is 13.3. The second kappa shape index (κ2) is 6.78. The molecule has 18 heavy (non-hydrogen) atoms. The molecule has 108 valence electrons. The van der Waals surface area contributed by atoms with Gasteiger partial charge in [0.05, 0.1) is 17.6 Å². The molecule has 0 aromatic heterocycles. The lowest BCUT2D eigenvalue weighted by Crippen LogP contribution is -2.37. The maximum atomic E-state index is 11.6. The molecule has 0 radical (unpaired) electrons. The Labute approximate surface area is 120 Å². The van der Waals surface area contributed by atoms with E-state index >= 15 is 0 Å². The van der Waals surface area contributed by atoms with Crippen molar-refractivity contribution in [1.29, 1.82) is 0 Å². The van der Waals surface area contributed by atoms with Crippen LogP contribution in [0.25, 0.3) is 0 Å². The summed E-state index contributed by atoms with van der Waals surface area (Å²) in [5.41, 5.74) is -0.318. The summed E-state index contributed by atoms with van der Waals surface area (Å²) in [6.07, 6.45) is 1.56. The molecular formula is C12H22Cl2O3S. The van der Waals surface area contributed by atoms with Gasteiger partial charge in [-0.05, 0) is 32.6 Å². The van der Waals surface area contributed by atoms with Crippen molar-refractivity contribution in [1.82, 2.24) is 0 Å². The molecule has 1 atom stereocenters. The Morgan fingerprint density at radius 3 is 2.33 bits per heavy atom. The van der Waals surface area contributed by atoms with E-state index in [9.17, 15) is 8.42 Å². The van der Waals surface area contributed by atoms with E-state index in [0.717, 1.165) is 6.42 Å². The number of ether oxygens (including phenoxy) is 1. The maximum Gasteiger partial charge on any atom is 0.150 e. The van der Waals surface area contributed by atoms with Gasteiger partial charge in [0.2, 0.25) is 0 Å². The Morgan fingerprint density at radius 2 is 1.94 bits per heavy atom. The molecule has 0 aromatic rings. The molecule has 1 aliphatic heterocycles. The van der Waals surface area contributed by atoms with Crippen LogP contribution in [0.15, 0.2) is 0 Å². The van der Waals surface area contributed by atoms with E-state index in [1.807, 2.05) is 13.8 Å². The molecule has 6 heteroatoms. The Kier molecular flexibility index (Phi) is 6.23. The SMILES string of the molecule is CC(C)OCCC(CCl)(CCl)C1CCS(=O)(=O)C1. The smallest absolute Gasteiger partial charge is 0.150 e. The fraction of sp³-hybridized carbons (Fsp3) is 1.00. The summed E-state index contributed by atoms with van der Waals surface area (Å²) in [5.74, 6) is 1.32. The van der Waals surface area contributed by atoms with Gasteiger partial charge in [-0.15, -0.1) is 23.2 Å². The molecule has 0 amide bonds. The molecule has 0 spiro atoms. The zero-order chi connectivity index (χ0) is 13.8. The number of sulfone groups is 1. The lowest BCUT2D eigenvalue weighted by Gasteiger charge is -2.35. The molecule has 3 nitrogen and oxygen atoms in total. The average Bonchev–Trinajstić information content (AvgIpc) is 2.66. The molecule has 1 saturated heterocycles. The van der Waals surface area contributed by atoms with E-state index < -0.39 is 9.84 Å². The molecular weight excluding hydrogens is 295 g/mol. The number of halogens is 2. The van der Waals surface area contributed by atoms with Crippen LogP contribution in [0.5, 0.6) is 0 Å². The molecule has 0 bridgehead atoms. The second-order valence-electron chi connectivity index (χ2n) is 5.40. The van der Waals surface area contributed by atoms with E-state index in [-0.39, 0.29) is 28.9 Å². The van der Waals surface area contributed by atoms with Crippen molar-refractivity contribution >= 4 is 33.0 Å². The van der Waals surface area contributed by atoms with Crippen LogP contribution < -0.4 is 0 Å². The van der Waals surface area contributed by atoms with Crippen LogP contribution in [-0.4, -0.2) is 44.4 Å². The van der Waals surface area contributed by atoms with Crippen molar-refractivity contribution in [2.45, 2.75) is 32.8 Å². The minimum Gasteiger partial charge on any atom is -0.379 e. The standard InChI is InChI=1S/C12H22Cl2O3S/c1-10(2)17-5-4-12(8-13,9-14)11-3-6-18(15,16)7-11/h10-11H,3-9H2,1-2H3. The highest BCUT2D eigenvalue weighted by atomic mass is 35.5. The fourth-order valence-corrected chi connectivity index (χ4v) is 5.30. The van der Waals surface area contributed by atoms with Gasteiger partial charge in [-0.25, -0.2) is 8.42 Å². The van der Waals surface area contributed by atoms with Crippen molar-refractivity contribution in [2.24, 2.45) is 11.3 Å². The van der Waals surface area contributed by atoms with E-state index in [1.165, 1.54) is 0 Å². The first-order valence-corrected chi connectivity index (χ1v) is 9.18. The molecule has 0 aliphatic carbocycles. The van der Waals surface area contributed by atoms with Crippen LogP contribution in [0.3, 0.4) is 0 Å². The van der Waals surface area contributed by atoms with Gasteiger partial charge < -0.3 is 4.74 Å². The van der Waals surface area contributed by atoms with Crippen LogP contribution >= 0.6 is 23.2 Å². The molecule has 1 heterocycles. The summed E-state index contributed by atoms with van der Waals surface area (Å²) in [5, 5.41) is 0. The van der Waals surface area contributed by atoms with E-state index in [4.69, 9.17) is 27.9 Å². The van der Waals surface area contributed by atoms with Crippen molar-refractivity contribution < 1.29 is 13.2 Å². The number of alkyl halides is 2. The molecule has 1 rings (SSSR count). The third-order valence-corrected chi connectivity index (χ3v) is 6.51. The van der Waals surface area contributed by atoms with Crippen LogP contribution in [0.2, 0.25) is 0 Å². The quantitative estimate of drug-likeness (QED) is 0.678. The van der Waals surface area contributed by atoms with E-state index in [0.29, 0.717) is 24.8 Å². The summed E-state index contributed by atoms with van der Waals surface area (Å²) in [6, 6.07) is 0. The fourth-order valence-electron chi connectivity index (χ4n) is 2.37. The average molecular weight is 317 g/mol. The Hall–Kier alpha value is 0.490. The predicted molar refractivity (Wildman–Crippen MR) is 76.3 cm³/mol. The van der Waals surface area contributed by atoms with Gasteiger partial charge in [0.1, 0.15) is 0 Å². The first-order valence-electron chi connectivity index (χ1n) is 6.29. The van der Waals surface area contributed by atoms with Crippen molar-refractivity contribution in [2.75, 3.05) is 29.9 Å². The number of rotatable bonds is 7. The summed E-state index contributed by atoms with van der Waals surface area (Å²) < 4.78 is 28.7. The minimum atomic E-state index is -2.90. The maximum absolute atomic E-state index is 11.6. The lowest BCUT2D eigenvalue weighted by molar-refractivity contribution is 0.0483. The van der Waals surface area contributed by atoms with Gasteiger partial charge in [-0.2, -0.15) is 0 Å². The first-order chi connectivity index (χ1) is 8.35. The van der Waals surface area contributed by atoms with Crippen molar-refractivity contribution in [3.8, 4) is 0 Å². The molecule has 1 aliphatic rings. The molecule has 1 unspecified atom stereocenters. The Bertz CT molecular complexity index is 350. The summed E-state index contributed by atoms with van der Waals surface area (Å²) in [6.45, 7) is 4.53. The van der Waals surface area contributed by atoms with Crippen LogP contribution in [0.4, 0.5) is 0 Å². The Morgan fingerprint density at radius 1 is 1.33 bits per heavy atom. The van der Waals surface area contributed by atoms with Gasteiger partial charge >= 0.3 is 0 Å². The third kappa shape index (κ3) is 4.26. The summed E-state index contributed by atoms with van der Waals surface area (Å²) >= 11 is 12.2. The van der Waals surface area contributed by atoms with E-state index in [2.05, 4.69) is 0 Å². The molecule has 0 aromatic carbocycles. The monoisotopic (exact) mass is 316 g/mol. The number of hydrogen-bond acceptors (Lipinski definition) is 3. The summed E-state index contributed by atoms with van der Waals surface area (Å²) in [7, 11) is -2.90. The second-order valence-corrected chi connectivity index (χ2v) is 8.16. The van der Waals surface area contributed by atoms with Gasteiger partial charge in [0, 0.05) is 23.8 Å². The third-order valence-electron chi connectivity index (χ3n) is 3.68. The number of hydrogen-bond donors (Lipinski definition) is 0. The highest BCUT2D eigenvalue weighted by molar-refractivity contribution is 7.91. The first kappa shape index (κ1) is 16.5.